The second-order valence-electron chi connectivity index (χ2n) is 8.56. The number of pyridine rings is 1. The molecular weight excluding hydrogens is 502 g/mol. The normalized spacial score (nSPS) is 19.3. The van der Waals surface area contributed by atoms with Gasteiger partial charge in [-0.05, 0) is 43.2 Å². The van der Waals surface area contributed by atoms with Crippen LogP contribution in [0.15, 0.2) is 36.5 Å². The third kappa shape index (κ3) is 6.04. The Bertz CT molecular complexity index is 1100. The van der Waals surface area contributed by atoms with Gasteiger partial charge < -0.3 is 10.6 Å². The van der Waals surface area contributed by atoms with Crippen molar-refractivity contribution >= 4 is 23.4 Å². The fourth-order valence-electron chi connectivity index (χ4n) is 3.32. The van der Waals surface area contributed by atoms with E-state index in [1.165, 1.54) is 24.3 Å². The molecule has 0 spiro atoms. The first kappa shape index (κ1) is 26.7. The van der Waals surface area contributed by atoms with Crippen LogP contribution in [0, 0.1) is 5.41 Å². The Labute approximate surface area is 201 Å². The molecule has 190 valence electrons. The lowest BCUT2D eigenvalue weighted by molar-refractivity contribution is -0.211. The maximum absolute atomic E-state index is 13.1. The van der Waals surface area contributed by atoms with Crippen LogP contribution >= 0.6 is 11.6 Å². The van der Waals surface area contributed by atoms with Gasteiger partial charge in [0.15, 0.2) is 0 Å². The standard InChI is InChI=1S/C22H21ClF6N4O2/c1-20(2,22(27,28)29)19(35)31-9-11-3-5-14(23)13(7-11)18-32-15(8-17(34)33-18)12-4-6-16(30-10-12)21(24,25)26/h3-7,10,15,18,32H,8-9H2,1-2H3,(H,31,35)(H,33,34). The quantitative estimate of drug-likeness (QED) is 0.492. The number of hydrogen-bond acceptors (Lipinski definition) is 4. The number of nitrogens with one attached hydrogen (secondary N) is 3. The maximum Gasteiger partial charge on any atom is 0.433 e. The molecule has 0 saturated carbocycles. The number of halogens is 7. The molecule has 0 bridgehead atoms. The van der Waals surface area contributed by atoms with Gasteiger partial charge in [-0.15, -0.1) is 0 Å². The molecule has 0 aliphatic carbocycles. The van der Waals surface area contributed by atoms with Gasteiger partial charge in [0.05, 0.1) is 0 Å². The molecule has 3 N–H and O–H groups in total. The number of alkyl halides is 6. The van der Waals surface area contributed by atoms with Gasteiger partial charge in [0.25, 0.3) is 0 Å². The molecule has 2 unspecified atom stereocenters. The summed E-state index contributed by atoms with van der Waals surface area (Å²) in [5, 5.41) is 8.22. The predicted molar refractivity (Wildman–Crippen MR) is 114 cm³/mol. The van der Waals surface area contributed by atoms with Crippen molar-refractivity contribution in [1.82, 2.24) is 20.9 Å². The van der Waals surface area contributed by atoms with Gasteiger partial charge in [-0.3, -0.25) is 19.9 Å². The minimum absolute atomic E-state index is 0.0660. The van der Waals surface area contributed by atoms with Crippen LogP contribution in [0.25, 0.3) is 0 Å². The summed E-state index contributed by atoms with van der Waals surface area (Å²) in [6.07, 6.45) is -9.22. The molecule has 6 nitrogen and oxygen atoms in total. The van der Waals surface area contributed by atoms with Crippen LogP contribution < -0.4 is 16.0 Å². The van der Waals surface area contributed by atoms with Crippen LogP contribution in [0.1, 0.15) is 54.9 Å². The molecule has 1 aliphatic rings. The molecule has 13 heteroatoms. The van der Waals surface area contributed by atoms with E-state index in [0.717, 1.165) is 26.1 Å². The lowest BCUT2D eigenvalue weighted by Gasteiger charge is -2.33. The SMILES string of the molecule is CC(C)(C(=O)NCc1ccc(Cl)c(C2NC(=O)CC(c3ccc(C(F)(F)F)nc3)N2)c1)C(F)(F)F. The smallest absolute Gasteiger partial charge is 0.351 e. The summed E-state index contributed by atoms with van der Waals surface area (Å²) in [6.45, 7) is 1.32. The van der Waals surface area contributed by atoms with Gasteiger partial charge in [0.1, 0.15) is 17.3 Å². The van der Waals surface area contributed by atoms with Crippen LogP contribution in [-0.4, -0.2) is 23.0 Å². The molecule has 0 radical (unpaired) electrons. The Morgan fingerprint density at radius 2 is 1.83 bits per heavy atom. The molecule has 1 fully saturated rings. The Morgan fingerprint density at radius 3 is 2.40 bits per heavy atom. The van der Waals surface area contributed by atoms with E-state index in [-0.39, 0.29) is 18.0 Å². The second-order valence-corrected chi connectivity index (χ2v) is 8.97. The summed E-state index contributed by atoms with van der Waals surface area (Å²) < 4.78 is 77.6. The fraction of sp³-hybridized carbons (Fsp3) is 0.409. The molecule has 2 heterocycles. The molecule has 1 aromatic heterocycles. The minimum atomic E-state index is -4.74. The third-order valence-corrected chi connectivity index (χ3v) is 5.99. The summed E-state index contributed by atoms with van der Waals surface area (Å²) in [6, 6.07) is 5.85. The van der Waals surface area contributed by atoms with Crippen molar-refractivity contribution in [3.05, 3.63) is 63.9 Å². The first-order chi connectivity index (χ1) is 16.1. The Morgan fingerprint density at radius 1 is 1.14 bits per heavy atom. The number of hydrogen-bond donors (Lipinski definition) is 3. The number of rotatable bonds is 5. The van der Waals surface area contributed by atoms with Crippen molar-refractivity contribution in [1.29, 1.82) is 0 Å². The average molecular weight is 523 g/mol. The number of carbonyl (C=O) groups excluding carboxylic acids is 2. The third-order valence-electron chi connectivity index (χ3n) is 5.64. The zero-order chi connectivity index (χ0) is 26.2. The Balaban J connectivity index is 1.77. The van der Waals surface area contributed by atoms with Gasteiger partial charge in [0.2, 0.25) is 11.8 Å². The first-order valence-electron chi connectivity index (χ1n) is 10.3. The lowest BCUT2D eigenvalue weighted by atomic mass is 9.91. The van der Waals surface area contributed by atoms with Gasteiger partial charge in [-0.25, -0.2) is 0 Å². The van der Waals surface area contributed by atoms with Gasteiger partial charge in [-0.1, -0.05) is 23.7 Å². The number of amides is 2. The molecule has 2 aromatic rings. The highest BCUT2D eigenvalue weighted by Crippen LogP contribution is 2.38. The maximum atomic E-state index is 13.1. The molecule has 1 saturated heterocycles. The van der Waals surface area contributed by atoms with E-state index >= 15 is 0 Å². The monoisotopic (exact) mass is 522 g/mol. The highest BCUT2D eigenvalue weighted by molar-refractivity contribution is 6.31. The zero-order valence-corrected chi connectivity index (χ0v) is 19.2. The van der Waals surface area contributed by atoms with Crippen LogP contribution in [0.4, 0.5) is 26.3 Å². The summed E-state index contributed by atoms with van der Waals surface area (Å²) in [5.74, 6) is -1.61. The summed E-state index contributed by atoms with van der Waals surface area (Å²) in [5.41, 5.74) is -2.52. The number of carbonyl (C=O) groups is 2. The van der Waals surface area contributed by atoms with Crippen LogP contribution in [0.3, 0.4) is 0 Å². The van der Waals surface area contributed by atoms with E-state index in [2.05, 4.69) is 20.9 Å². The van der Waals surface area contributed by atoms with Crippen molar-refractivity contribution in [2.45, 2.75) is 51.4 Å². The zero-order valence-electron chi connectivity index (χ0n) is 18.4. The molecule has 2 amide bonds. The van der Waals surface area contributed by atoms with Crippen molar-refractivity contribution in [3.8, 4) is 0 Å². The molecule has 35 heavy (non-hydrogen) atoms. The highest BCUT2D eigenvalue weighted by Gasteiger charge is 2.52. The second kappa shape index (κ2) is 9.65. The minimum Gasteiger partial charge on any atom is -0.351 e. The molecular formula is C22H21ClF6N4O2. The summed E-state index contributed by atoms with van der Waals surface area (Å²) >= 11 is 6.27. The largest absolute Gasteiger partial charge is 0.433 e. The lowest BCUT2D eigenvalue weighted by Crippen LogP contribution is -2.47. The average Bonchev–Trinajstić information content (AvgIpc) is 2.76. The highest BCUT2D eigenvalue weighted by atomic mass is 35.5. The number of nitrogens with zero attached hydrogens (tertiary/aromatic N) is 1. The molecule has 1 aliphatic heterocycles. The van der Waals surface area contributed by atoms with Crippen LogP contribution in [0.5, 0.6) is 0 Å². The van der Waals surface area contributed by atoms with Crippen molar-refractivity contribution in [2.75, 3.05) is 0 Å². The number of aromatic nitrogens is 1. The van der Waals surface area contributed by atoms with Crippen LogP contribution in [0.2, 0.25) is 5.02 Å². The first-order valence-corrected chi connectivity index (χ1v) is 10.7. The summed E-state index contributed by atoms with van der Waals surface area (Å²) in [4.78, 5) is 27.8. The van der Waals surface area contributed by atoms with Gasteiger partial charge >= 0.3 is 12.4 Å². The molecule has 1 aromatic carbocycles. The van der Waals surface area contributed by atoms with Crippen LogP contribution in [-0.2, 0) is 22.3 Å². The van der Waals surface area contributed by atoms with Crippen molar-refractivity contribution in [3.63, 3.8) is 0 Å². The molecule has 2 atom stereocenters. The summed E-state index contributed by atoms with van der Waals surface area (Å²) in [7, 11) is 0. The van der Waals surface area contributed by atoms with Gasteiger partial charge in [0, 0.05) is 35.8 Å². The molecule has 3 rings (SSSR count). The predicted octanol–water partition coefficient (Wildman–Crippen LogP) is 4.81. The van der Waals surface area contributed by atoms with Gasteiger partial charge in [-0.2, -0.15) is 26.3 Å². The van der Waals surface area contributed by atoms with E-state index in [0.29, 0.717) is 16.7 Å². The van der Waals surface area contributed by atoms with E-state index < -0.39 is 47.5 Å². The topological polar surface area (TPSA) is 83.1 Å². The van der Waals surface area contributed by atoms with E-state index in [9.17, 15) is 35.9 Å². The van der Waals surface area contributed by atoms with E-state index in [4.69, 9.17) is 11.6 Å². The van der Waals surface area contributed by atoms with Crippen molar-refractivity contribution in [2.24, 2.45) is 5.41 Å². The fourth-order valence-corrected chi connectivity index (χ4v) is 3.55. The van der Waals surface area contributed by atoms with E-state index in [1.54, 1.807) is 0 Å². The Kier molecular flexibility index (Phi) is 7.37. The Hall–Kier alpha value is -2.86. The van der Waals surface area contributed by atoms with Crippen molar-refractivity contribution < 1.29 is 35.9 Å². The number of benzene rings is 1. The van der Waals surface area contributed by atoms with E-state index in [1.807, 2.05) is 0 Å².